The van der Waals surface area contributed by atoms with Crippen molar-refractivity contribution < 1.29 is 13.9 Å². The van der Waals surface area contributed by atoms with Crippen LogP contribution in [0.15, 0.2) is 47.3 Å². The number of hydrogen-bond acceptors (Lipinski definition) is 4. The molecule has 2 aromatic carbocycles. The Bertz CT molecular complexity index is 1060. The van der Waals surface area contributed by atoms with Crippen LogP contribution in [0.25, 0.3) is 11.0 Å². The van der Waals surface area contributed by atoms with Gasteiger partial charge in [-0.1, -0.05) is 43.1 Å². The lowest BCUT2D eigenvalue weighted by Crippen LogP contribution is -2.26. The number of para-hydroxylation sites is 2. The highest BCUT2D eigenvalue weighted by atomic mass is 35.5. The van der Waals surface area contributed by atoms with Gasteiger partial charge in [-0.2, -0.15) is 0 Å². The number of carbonyl (C=O) groups is 1. The van der Waals surface area contributed by atoms with Crippen molar-refractivity contribution in [1.29, 1.82) is 0 Å². The van der Waals surface area contributed by atoms with E-state index in [1.807, 2.05) is 24.3 Å². The minimum absolute atomic E-state index is 0.0274. The molecule has 3 rings (SSSR count). The number of nitrogens with zero attached hydrogens (tertiary/aromatic N) is 2. The number of benzene rings is 2. The van der Waals surface area contributed by atoms with Crippen molar-refractivity contribution >= 4 is 28.6 Å². The average Bonchev–Trinajstić information content (AvgIpc) is 2.71. The summed E-state index contributed by atoms with van der Waals surface area (Å²) in [6.45, 7) is 2.41. The molecule has 0 aliphatic heterocycles. The molecule has 0 aliphatic rings. The van der Waals surface area contributed by atoms with Crippen molar-refractivity contribution in [2.45, 2.75) is 45.8 Å². The molecule has 0 saturated carbocycles. The van der Waals surface area contributed by atoms with Crippen LogP contribution in [-0.2, 0) is 29.1 Å². The van der Waals surface area contributed by atoms with Gasteiger partial charge in [0.25, 0.3) is 5.56 Å². The van der Waals surface area contributed by atoms with Crippen molar-refractivity contribution in [2.75, 3.05) is 0 Å². The molecule has 0 saturated heterocycles. The maximum atomic E-state index is 13.8. The molecule has 0 fully saturated rings. The minimum atomic E-state index is -0.543. The van der Waals surface area contributed by atoms with E-state index in [-0.39, 0.29) is 35.6 Å². The van der Waals surface area contributed by atoms with Crippen LogP contribution in [0.1, 0.15) is 37.4 Å². The highest BCUT2D eigenvalue weighted by Crippen LogP contribution is 2.20. The zero-order chi connectivity index (χ0) is 20.8. The van der Waals surface area contributed by atoms with Crippen LogP contribution >= 0.6 is 11.6 Å². The molecule has 0 spiro atoms. The second-order valence-electron chi connectivity index (χ2n) is 6.72. The number of halogens is 2. The Balaban J connectivity index is 1.72. The van der Waals surface area contributed by atoms with Gasteiger partial charge >= 0.3 is 5.97 Å². The number of fused-ring (bicyclic) bond motifs is 1. The summed E-state index contributed by atoms with van der Waals surface area (Å²) in [4.78, 5) is 29.4. The summed E-state index contributed by atoms with van der Waals surface area (Å²) in [5.41, 5.74) is 1.76. The third-order valence-electron chi connectivity index (χ3n) is 4.66. The summed E-state index contributed by atoms with van der Waals surface area (Å²) < 4.78 is 20.6. The van der Waals surface area contributed by atoms with E-state index < -0.39 is 11.8 Å². The summed E-state index contributed by atoms with van der Waals surface area (Å²) in [5.74, 6) is -1.07. The Morgan fingerprint density at radius 3 is 2.76 bits per heavy atom. The van der Waals surface area contributed by atoms with Gasteiger partial charge in [0, 0.05) is 18.5 Å². The third-order valence-corrected chi connectivity index (χ3v) is 5.01. The Morgan fingerprint density at radius 1 is 1.21 bits per heavy atom. The molecule has 29 heavy (non-hydrogen) atoms. The Kier molecular flexibility index (Phi) is 6.99. The first-order valence-electron chi connectivity index (χ1n) is 9.58. The van der Waals surface area contributed by atoms with E-state index in [0.717, 1.165) is 18.4 Å². The van der Waals surface area contributed by atoms with Crippen molar-refractivity contribution in [2.24, 2.45) is 0 Å². The summed E-state index contributed by atoms with van der Waals surface area (Å²) in [6, 6.07) is 11.7. The number of hydrogen-bond donors (Lipinski definition) is 0. The van der Waals surface area contributed by atoms with Crippen LogP contribution in [0, 0.1) is 5.82 Å². The molecular formula is C22H22ClFN2O3. The van der Waals surface area contributed by atoms with Gasteiger partial charge in [-0.15, -0.1) is 0 Å². The third kappa shape index (κ3) is 5.01. The topological polar surface area (TPSA) is 61.2 Å². The van der Waals surface area contributed by atoms with E-state index in [1.54, 1.807) is 4.57 Å². The number of ether oxygens (including phenoxy) is 1. The zero-order valence-electron chi connectivity index (χ0n) is 16.2. The number of aromatic nitrogens is 2. The fourth-order valence-electron chi connectivity index (χ4n) is 3.06. The molecule has 0 amide bonds. The molecule has 0 N–H and O–H groups in total. The van der Waals surface area contributed by atoms with Crippen LogP contribution in [0.3, 0.4) is 0 Å². The van der Waals surface area contributed by atoms with Gasteiger partial charge in [0.2, 0.25) is 0 Å². The molecule has 1 heterocycles. The number of esters is 1. The Labute approximate surface area is 173 Å². The zero-order valence-corrected chi connectivity index (χ0v) is 16.9. The lowest BCUT2D eigenvalue weighted by atomic mass is 10.2. The van der Waals surface area contributed by atoms with Gasteiger partial charge in [-0.25, -0.2) is 9.37 Å². The van der Waals surface area contributed by atoms with Crippen molar-refractivity contribution in [1.82, 2.24) is 9.55 Å². The molecule has 7 heteroatoms. The maximum Gasteiger partial charge on any atom is 0.306 e. The lowest BCUT2D eigenvalue weighted by molar-refractivity contribution is -0.145. The molecule has 0 unspecified atom stereocenters. The van der Waals surface area contributed by atoms with E-state index in [2.05, 4.69) is 11.9 Å². The molecule has 5 nitrogen and oxygen atoms in total. The van der Waals surface area contributed by atoms with E-state index in [0.29, 0.717) is 17.8 Å². The fourth-order valence-corrected chi connectivity index (χ4v) is 3.28. The van der Waals surface area contributed by atoms with Gasteiger partial charge < -0.3 is 9.30 Å². The first-order chi connectivity index (χ1) is 14.0. The Morgan fingerprint density at radius 2 is 2.00 bits per heavy atom. The quantitative estimate of drug-likeness (QED) is 0.501. The monoisotopic (exact) mass is 416 g/mol. The first-order valence-corrected chi connectivity index (χ1v) is 9.96. The summed E-state index contributed by atoms with van der Waals surface area (Å²) in [5, 5.41) is 0.202. The number of carbonyl (C=O) groups excluding carboxylic acids is 1. The molecule has 3 aromatic rings. The standard InChI is InChI=1S/C22H22ClFN2O3/c1-2-3-13-26-20-10-5-4-9-18(20)25-19(22(26)28)11-12-21(27)29-14-15-16(23)7-6-8-17(15)24/h4-10H,2-3,11-14H2,1H3. The van der Waals surface area contributed by atoms with Crippen molar-refractivity contribution in [3.05, 3.63) is 74.9 Å². The van der Waals surface area contributed by atoms with Gasteiger partial charge in [0.05, 0.1) is 22.5 Å². The first kappa shape index (κ1) is 21.0. The SMILES string of the molecule is CCCCn1c(=O)c(CCC(=O)OCc2c(F)cccc2Cl)nc2ccccc21. The smallest absolute Gasteiger partial charge is 0.306 e. The van der Waals surface area contributed by atoms with E-state index in [4.69, 9.17) is 16.3 Å². The van der Waals surface area contributed by atoms with E-state index in [1.165, 1.54) is 18.2 Å². The summed E-state index contributed by atoms with van der Waals surface area (Å²) in [7, 11) is 0. The van der Waals surface area contributed by atoms with Crippen LogP contribution < -0.4 is 5.56 Å². The maximum absolute atomic E-state index is 13.8. The van der Waals surface area contributed by atoms with E-state index >= 15 is 0 Å². The summed E-state index contributed by atoms with van der Waals surface area (Å²) >= 11 is 5.94. The summed E-state index contributed by atoms with van der Waals surface area (Å²) in [6.07, 6.45) is 1.96. The molecule has 152 valence electrons. The van der Waals surface area contributed by atoms with Gasteiger partial charge in [0.1, 0.15) is 18.1 Å². The van der Waals surface area contributed by atoms with Crippen molar-refractivity contribution in [3.8, 4) is 0 Å². The largest absolute Gasteiger partial charge is 0.461 e. The number of aryl methyl sites for hydroxylation is 2. The van der Waals surface area contributed by atoms with Crippen LogP contribution in [0.4, 0.5) is 4.39 Å². The second-order valence-corrected chi connectivity index (χ2v) is 7.13. The normalized spacial score (nSPS) is 11.0. The highest BCUT2D eigenvalue weighted by Gasteiger charge is 2.14. The Hall–Kier alpha value is -2.73. The van der Waals surface area contributed by atoms with Gasteiger partial charge in [-0.05, 0) is 30.7 Å². The minimum Gasteiger partial charge on any atom is -0.461 e. The average molecular weight is 417 g/mol. The van der Waals surface area contributed by atoms with Gasteiger partial charge in [-0.3, -0.25) is 9.59 Å². The van der Waals surface area contributed by atoms with Crippen LogP contribution in [0.5, 0.6) is 0 Å². The molecule has 0 radical (unpaired) electrons. The molecule has 0 bridgehead atoms. The second kappa shape index (κ2) is 9.65. The lowest BCUT2D eigenvalue weighted by Gasteiger charge is -2.12. The molecule has 1 aromatic heterocycles. The van der Waals surface area contributed by atoms with Crippen LogP contribution in [0.2, 0.25) is 5.02 Å². The van der Waals surface area contributed by atoms with Crippen LogP contribution in [-0.4, -0.2) is 15.5 Å². The highest BCUT2D eigenvalue weighted by molar-refractivity contribution is 6.31. The predicted molar refractivity (Wildman–Crippen MR) is 110 cm³/mol. The predicted octanol–water partition coefficient (Wildman–Crippen LogP) is 4.67. The fraction of sp³-hybridized carbons (Fsp3) is 0.318. The van der Waals surface area contributed by atoms with E-state index in [9.17, 15) is 14.0 Å². The molecule has 0 aliphatic carbocycles. The molecular weight excluding hydrogens is 395 g/mol. The van der Waals surface area contributed by atoms with Gasteiger partial charge in [0.15, 0.2) is 0 Å². The number of rotatable bonds is 8. The van der Waals surface area contributed by atoms with Crippen molar-refractivity contribution in [3.63, 3.8) is 0 Å². The number of unbranched alkanes of at least 4 members (excludes halogenated alkanes) is 1. The molecule has 0 atom stereocenters.